The summed E-state index contributed by atoms with van der Waals surface area (Å²) < 4.78 is 0. The van der Waals surface area contributed by atoms with E-state index in [1.54, 1.807) is 0 Å². The van der Waals surface area contributed by atoms with Gasteiger partial charge in [-0.3, -0.25) is 9.59 Å². The van der Waals surface area contributed by atoms with Gasteiger partial charge in [-0.2, -0.15) is 0 Å². The van der Waals surface area contributed by atoms with Crippen LogP contribution in [0.5, 0.6) is 0 Å². The van der Waals surface area contributed by atoms with Crippen LogP contribution in [0.15, 0.2) is 12.2 Å². The zero-order chi connectivity index (χ0) is 16.6. The first-order valence-corrected chi connectivity index (χ1v) is 8.76. The molecule has 0 aliphatic heterocycles. The van der Waals surface area contributed by atoms with Gasteiger partial charge < -0.3 is 10.0 Å². The summed E-state index contributed by atoms with van der Waals surface area (Å²) in [5.74, 6) is -1.02. The number of carboxylic acids is 1. The van der Waals surface area contributed by atoms with Gasteiger partial charge in [0.25, 0.3) is 0 Å². The fraction of sp³-hybridized carbons (Fsp3) is 0.778. The number of allylic oxidation sites excluding steroid dienone is 1. The van der Waals surface area contributed by atoms with Crippen LogP contribution in [0, 0.1) is 0 Å². The molecule has 0 aliphatic rings. The first-order valence-electron chi connectivity index (χ1n) is 8.76. The second-order valence-electron chi connectivity index (χ2n) is 5.79. The molecule has 0 spiro atoms. The Balaban J connectivity index is 4.01. The van der Waals surface area contributed by atoms with E-state index in [1.165, 1.54) is 37.0 Å². The molecule has 0 atom stereocenters. The number of aliphatic carboxylic acids is 1. The van der Waals surface area contributed by atoms with Crippen LogP contribution >= 0.6 is 0 Å². The Morgan fingerprint density at radius 2 is 1.55 bits per heavy atom. The second kappa shape index (κ2) is 14.6. The lowest BCUT2D eigenvalue weighted by molar-refractivity contribution is -0.144. The van der Waals surface area contributed by atoms with Crippen molar-refractivity contribution in [1.82, 2.24) is 4.90 Å². The summed E-state index contributed by atoms with van der Waals surface area (Å²) in [5, 5.41) is 8.93. The SMILES string of the molecule is CCC/C=C/CC(=O)N(CCCCCCCCC)CC(=O)O. The molecule has 0 radical (unpaired) electrons. The summed E-state index contributed by atoms with van der Waals surface area (Å²) in [6.45, 7) is 4.66. The number of rotatable bonds is 14. The monoisotopic (exact) mass is 311 g/mol. The lowest BCUT2D eigenvalue weighted by Crippen LogP contribution is -2.36. The lowest BCUT2D eigenvalue weighted by atomic mass is 10.1. The largest absolute Gasteiger partial charge is 0.480 e. The maximum atomic E-state index is 12.1. The molecule has 0 aliphatic carbocycles. The van der Waals surface area contributed by atoms with Gasteiger partial charge >= 0.3 is 5.97 Å². The van der Waals surface area contributed by atoms with E-state index >= 15 is 0 Å². The van der Waals surface area contributed by atoms with Gasteiger partial charge in [0.2, 0.25) is 5.91 Å². The van der Waals surface area contributed by atoms with E-state index in [1.807, 2.05) is 12.2 Å². The Morgan fingerprint density at radius 1 is 0.909 bits per heavy atom. The van der Waals surface area contributed by atoms with Gasteiger partial charge in [0, 0.05) is 13.0 Å². The summed E-state index contributed by atoms with van der Waals surface area (Å²) in [7, 11) is 0. The van der Waals surface area contributed by atoms with E-state index in [9.17, 15) is 9.59 Å². The Bertz CT molecular complexity index is 326. The van der Waals surface area contributed by atoms with E-state index in [0.717, 1.165) is 25.7 Å². The van der Waals surface area contributed by atoms with Crippen molar-refractivity contribution in [3.63, 3.8) is 0 Å². The third-order valence-electron chi connectivity index (χ3n) is 3.62. The van der Waals surface area contributed by atoms with Gasteiger partial charge in [0.05, 0.1) is 0 Å². The number of unbranched alkanes of at least 4 members (excludes halogenated alkanes) is 7. The molecule has 0 aromatic heterocycles. The fourth-order valence-electron chi connectivity index (χ4n) is 2.31. The summed E-state index contributed by atoms with van der Waals surface area (Å²) >= 11 is 0. The van der Waals surface area contributed by atoms with Crippen molar-refractivity contribution in [3.8, 4) is 0 Å². The molecule has 1 N–H and O–H groups in total. The third kappa shape index (κ3) is 12.4. The molecule has 0 fully saturated rings. The quantitative estimate of drug-likeness (QED) is 0.382. The molecule has 22 heavy (non-hydrogen) atoms. The number of nitrogens with zero attached hydrogens (tertiary/aromatic N) is 1. The van der Waals surface area contributed by atoms with Crippen molar-refractivity contribution in [1.29, 1.82) is 0 Å². The first-order chi connectivity index (χ1) is 10.6. The number of hydrogen-bond donors (Lipinski definition) is 1. The van der Waals surface area contributed by atoms with Crippen LogP contribution in [-0.2, 0) is 9.59 Å². The highest BCUT2D eigenvalue weighted by Crippen LogP contribution is 2.08. The zero-order valence-electron chi connectivity index (χ0n) is 14.4. The predicted octanol–water partition coefficient (Wildman–Crippen LogP) is 4.40. The lowest BCUT2D eigenvalue weighted by Gasteiger charge is -2.20. The molecule has 4 heteroatoms. The maximum Gasteiger partial charge on any atom is 0.323 e. The Kier molecular flexibility index (Phi) is 13.7. The van der Waals surface area contributed by atoms with Crippen LogP contribution in [0.4, 0.5) is 0 Å². The molecule has 0 saturated carbocycles. The van der Waals surface area contributed by atoms with Gasteiger partial charge in [0.15, 0.2) is 0 Å². The fourth-order valence-corrected chi connectivity index (χ4v) is 2.31. The Morgan fingerprint density at radius 3 is 2.14 bits per heavy atom. The normalized spacial score (nSPS) is 11.0. The number of carboxylic acid groups (broad SMARTS) is 1. The summed E-state index contributed by atoms with van der Waals surface area (Å²) in [6.07, 6.45) is 14.3. The minimum absolute atomic E-state index is 0.0827. The van der Waals surface area contributed by atoms with E-state index in [4.69, 9.17) is 5.11 Å². The Hall–Kier alpha value is -1.32. The molecule has 0 saturated heterocycles. The van der Waals surface area contributed by atoms with Crippen molar-refractivity contribution in [2.45, 2.75) is 78.1 Å². The van der Waals surface area contributed by atoms with E-state index < -0.39 is 5.97 Å². The van der Waals surface area contributed by atoms with Crippen molar-refractivity contribution in [3.05, 3.63) is 12.2 Å². The highest BCUT2D eigenvalue weighted by molar-refractivity contribution is 5.82. The van der Waals surface area contributed by atoms with E-state index in [2.05, 4.69) is 13.8 Å². The summed E-state index contributed by atoms with van der Waals surface area (Å²) in [5.41, 5.74) is 0. The maximum absolute atomic E-state index is 12.1. The minimum Gasteiger partial charge on any atom is -0.480 e. The standard InChI is InChI=1S/C18H33NO3/c1-3-5-7-9-10-11-13-15-19(16-18(21)22)17(20)14-12-8-6-4-2/h8,12H,3-7,9-11,13-16H2,1-2H3,(H,21,22)/b12-8+. The average Bonchev–Trinajstić information content (AvgIpc) is 2.49. The molecule has 0 rings (SSSR count). The number of amides is 1. The van der Waals surface area contributed by atoms with Crippen molar-refractivity contribution < 1.29 is 14.7 Å². The van der Waals surface area contributed by atoms with Gasteiger partial charge in [-0.25, -0.2) is 0 Å². The highest BCUT2D eigenvalue weighted by Gasteiger charge is 2.14. The topological polar surface area (TPSA) is 57.6 Å². The van der Waals surface area contributed by atoms with Crippen LogP contribution in [0.3, 0.4) is 0 Å². The van der Waals surface area contributed by atoms with E-state index in [0.29, 0.717) is 13.0 Å². The molecule has 0 unspecified atom stereocenters. The molecule has 128 valence electrons. The highest BCUT2D eigenvalue weighted by atomic mass is 16.4. The molecule has 0 heterocycles. The summed E-state index contributed by atoms with van der Waals surface area (Å²) in [6, 6.07) is 0. The first kappa shape index (κ1) is 20.7. The van der Waals surface area contributed by atoms with Crippen molar-refractivity contribution in [2.24, 2.45) is 0 Å². The van der Waals surface area contributed by atoms with Gasteiger partial charge in [-0.05, 0) is 12.8 Å². The van der Waals surface area contributed by atoms with E-state index in [-0.39, 0.29) is 12.5 Å². The molecule has 4 nitrogen and oxygen atoms in total. The molecular weight excluding hydrogens is 278 g/mol. The zero-order valence-corrected chi connectivity index (χ0v) is 14.4. The van der Waals surface area contributed by atoms with Crippen LogP contribution in [0.25, 0.3) is 0 Å². The van der Waals surface area contributed by atoms with Crippen molar-refractivity contribution in [2.75, 3.05) is 13.1 Å². The predicted molar refractivity (Wildman–Crippen MR) is 90.9 cm³/mol. The van der Waals surface area contributed by atoms with Crippen LogP contribution in [0.2, 0.25) is 0 Å². The molecule has 1 amide bonds. The molecule has 0 aromatic carbocycles. The van der Waals surface area contributed by atoms with Crippen molar-refractivity contribution >= 4 is 11.9 Å². The number of carbonyl (C=O) groups excluding carboxylic acids is 1. The van der Waals surface area contributed by atoms with Crippen LogP contribution < -0.4 is 0 Å². The molecule has 0 bridgehead atoms. The smallest absolute Gasteiger partial charge is 0.323 e. The molecular formula is C18H33NO3. The molecule has 0 aromatic rings. The van der Waals surface area contributed by atoms with Gasteiger partial charge in [-0.1, -0.05) is 70.9 Å². The third-order valence-corrected chi connectivity index (χ3v) is 3.62. The second-order valence-corrected chi connectivity index (χ2v) is 5.79. The number of carbonyl (C=O) groups is 2. The van der Waals surface area contributed by atoms with Crippen LogP contribution in [-0.4, -0.2) is 35.0 Å². The van der Waals surface area contributed by atoms with Crippen LogP contribution in [0.1, 0.15) is 78.1 Å². The minimum atomic E-state index is -0.936. The van der Waals surface area contributed by atoms with Gasteiger partial charge in [-0.15, -0.1) is 0 Å². The number of hydrogen-bond acceptors (Lipinski definition) is 2. The average molecular weight is 311 g/mol. The summed E-state index contributed by atoms with van der Waals surface area (Å²) in [4.78, 5) is 24.4. The Labute approximate surface area is 135 Å². The van der Waals surface area contributed by atoms with Gasteiger partial charge in [0.1, 0.15) is 6.54 Å².